The molecule has 1 aromatic rings. The average molecular weight is 295 g/mol. The second-order valence-electron chi connectivity index (χ2n) is 5.59. The van der Waals surface area contributed by atoms with Gasteiger partial charge in [0.05, 0.1) is 0 Å². The largest absolute Gasteiger partial charge is 0.398 e. The molecule has 1 saturated heterocycles. The van der Waals surface area contributed by atoms with E-state index in [9.17, 15) is 8.42 Å². The van der Waals surface area contributed by atoms with E-state index in [1.165, 1.54) is 0 Å². The predicted octanol–water partition coefficient (Wildman–Crippen LogP) is 1.57. The normalized spacial score (nSPS) is 20.6. The zero-order valence-electron chi connectivity index (χ0n) is 11.5. The summed E-state index contributed by atoms with van der Waals surface area (Å²) in [6.07, 6.45) is 3.84. The Morgan fingerprint density at radius 2 is 1.85 bits per heavy atom. The van der Waals surface area contributed by atoms with Crippen molar-refractivity contribution in [3.63, 3.8) is 0 Å². The van der Waals surface area contributed by atoms with E-state index >= 15 is 0 Å². The molecule has 6 heteroatoms. The van der Waals surface area contributed by atoms with E-state index in [1.54, 1.807) is 8.61 Å². The zero-order valence-corrected chi connectivity index (χ0v) is 12.3. The van der Waals surface area contributed by atoms with Crippen molar-refractivity contribution in [3.05, 3.63) is 29.8 Å². The number of nitrogens with two attached hydrogens (primary N) is 1. The highest BCUT2D eigenvalue weighted by Crippen LogP contribution is 2.33. The molecule has 0 amide bonds. The van der Waals surface area contributed by atoms with Crippen LogP contribution in [0.15, 0.2) is 24.3 Å². The van der Waals surface area contributed by atoms with Crippen molar-refractivity contribution < 1.29 is 8.42 Å². The smallest absolute Gasteiger partial charge is 0.282 e. The molecule has 20 heavy (non-hydrogen) atoms. The van der Waals surface area contributed by atoms with Crippen LogP contribution in [0.4, 0.5) is 5.69 Å². The van der Waals surface area contributed by atoms with Gasteiger partial charge in [0.1, 0.15) is 0 Å². The summed E-state index contributed by atoms with van der Waals surface area (Å²) in [6.45, 7) is 1.68. The first kappa shape index (κ1) is 13.9. The van der Waals surface area contributed by atoms with Gasteiger partial charge >= 0.3 is 0 Å². The number of hydrogen-bond donors (Lipinski definition) is 1. The number of anilines is 1. The summed E-state index contributed by atoms with van der Waals surface area (Å²) in [7, 11) is -3.34. The monoisotopic (exact) mass is 295 g/mol. The second kappa shape index (κ2) is 5.35. The summed E-state index contributed by atoms with van der Waals surface area (Å²) >= 11 is 0. The molecule has 3 rings (SSSR count). The van der Waals surface area contributed by atoms with Crippen molar-refractivity contribution in [2.45, 2.75) is 38.3 Å². The van der Waals surface area contributed by atoms with Gasteiger partial charge < -0.3 is 5.73 Å². The van der Waals surface area contributed by atoms with Gasteiger partial charge in [-0.2, -0.15) is 17.0 Å². The fourth-order valence-corrected chi connectivity index (χ4v) is 4.58. The molecule has 2 aliphatic rings. The molecule has 110 valence electrons. The molecule has 0 radical (unpaired) electrons. The number of nitrogen functional groups attached to an aromatic ring is 1. The first-order valence-electron chi connectivity index (χ1n) is 7.19. The molecule has 5 nitrogen and oxygen atoms in total. The molecule has 0 atom stereocenters. The van der Waals surface area contributed by atoms with Gasteiger partial charge in [0.2, 0.25) is 0 Å². The number of benzene rings is 1. The fourth-order valence-electron chi connectivity index (χ4n) is 2.67. The molecule has 2 N–H and O–H groups in total. The third kappa shape index (κ3) is 2.68. The molecular weight excluding hydrogens is 274 g/mol. The summed E-state index contributed by atoms with van der Waals surface area (Å²) in [4.78, 5) is 0. The van der Waals surface area contributed by atoms with Crippen LogP contribution in [0.2, 0.25) is 0 Å². The topological polar surface area (TPSA) is 66.6 Å². The van der Waals surface area contributed by atoms with Gasteiger partial charge in [0.25, 0.3) is 10.2 Å². The van der Waals surface area contributed by atoms with Gasteiger partial charge in [-0.25, -0.2) is 0 Å². The minimum Gasteiger partial charge on any atom is -0.398 e. The lowest BCUT2D eigenvalue weighted by molar-refractivity contribution is 0.349. The molecular formula is C14H21N3O2S. The van der Waals surface area contributed by atoms with Crippen LogP contribution in [0, 0.1) is 0 Å². The molecule has 0 unspecified atom stereocenters. The highest BCUT2D eigenvalue weighted by atomic mass is 32.2. The maximum absolute atomic E-state index is 12.7. The Hall–Kier alpha value is -1.11. The molecule has 0 bridgehead atoms. The molecule has 1 aliphatic carbocycles. The van der Waals surface area contributed by atoms with E-state index in [2.05, 4.69) is 0 Å². The summed E-state index contributed by atoms with van der Waals surface area (Å²) in [5.74, 6) is 0. The second-order valence-corrected chi connectivity index (χ2v) is 7.47. The van der Waals surface area contributed by atoms with Gasteiger partial charge in [-0.05, 0) is 37.3 Å². The van der Waals surface area contributed by atoms with Crippen molar-refractivity contribution in [1.29, 1.82) is 0 Å². The fraction of sp³-hybridized carbons (Fsp3) is 0.571. The lowest BCUT2D eigenvalue weighted by Crippen LogP contribution is -2.43. The van der Waals surface area contributed by atoms with Crippen LogP contribution >= 0.6 is 0 Å². The molecule has 1 saturated carbocycles. The minimum atomic E-state index is -3.34. The van der Waals surface area contributed by atoms with Crippen molar-refractivity contribution in [2.75, 3.05) is 18.8 Å². The van der Waals surface area contributed by atoms with Crippen LogP contribution in [-0.4, -0.2) is 36.2 Å². The van der Waals surface area contributed by atoms with Crippen LogP contribution in [0.1, 0.15) is 31.2 Å². The van der Waals surface area contributed by atoms with Crippen molar-refractivity contribution in [2.24, 2.45) is 0 Å². The molecule has 1 aromatic carbocycles. The highest BCUT2D eigenvalue weighted by molar-refractivity contribution is 7.86. The molecule has 2 fully saturated rings. The Morgan fingerprint density at radius 1 is 1.20 bits per heavy atom. The van der Waals surface area contributed by atoms with E-state index in [1.807, 2.05) is 24.3 Å². The van der Waals surface area contributed by atoms with Gasteiger partial charge in [-0.3, -0.25) is 0 Å². The molecule has 0 aromatic heterocycles. The average Bonchev–Trinajstić information content (AvgIpc) is 3.09. The Morgan fingerprint density at radius 3 is 2.45 bits per heavy atom. The van der Waals surface area contributed by atoms with Crippen molar-refractivity contribution in [1.82, 2.24) is 8.61 Å². The number of rotatable bonds is 5. The zero-order chi connectivity index (χ0) is 14.2. The van der Waals surface area contributed by atoms with E-state index in [0.29, 0.717) is 25.3 Å². The Kier molecular flexibility index (Phi) is 3.70. The summed E-state index contributed by atoms with van der Waals surface area (Å²) in [5, 5.41) is 0. The maximum Gasteiger partial charge on any atom is 0.282 e. The van der Waals surface area contributed by atoms with E-state index in [-0.39, 0.29) is 6.04 Å². The van der Waals surface area contributed by atoms with Gasteiger partial charge in [0.15, 0.2) is 0 Å². The van der Waals surface area contributed by atoms with Crippen molar-refractivity contribution >= 4 is 15.9 Å². The molecule has 0 spiro atoms. The van der Waals surface area contributed by atoms with Crippen LogP contribution < -0.4 is 5.73 Å². The summed E-state index contributed by atoms with van der Waals surface area (Å²) in [6, 6.07) is 7.65. The predicted molar refractivity (Wildman–Crippen MR) is 79.1 cm³/mol. The lowest BCUT2D eigenvalue weighted by atomic mass is 10.2. The number of para-hydroxylation sites is 1. The van der Waals surface area contributed by atoms with E-state index in [4.69, 9.17) is 5.73 Å². The third-order valence-electron chi connectivity index (χ3n) is 4.02. The summed E-state index contributed by atoms with van der Waals surface area (Å²) < 4.78 is 28.7. The first-order chi connectivity index (χ1) is 9.59. The Balaban J connectivity index is 1.84. The Bertz CT molecular complexity index is 578. The van der Waals surface area contributed by atoms with Crippen molar-refractivity contribution in [3.8, 4) is 0 Å². The quantitative estimate of drug-likeness (QED) is 0.839. The van der Waals surface area contributed by atoms with Crippen LogP contribution in [0.3, 0.4) is 0 Å². The standard InChI is InChI=1S/C14H21N3O2S/c15-14-6-2-1-5-12(14)11-17(13-7-8-13)20(18,19)16-9-3-4-10-16/h1-2,5-6,13H,3-4,7-11,15H2. The highest BCUT2D eigenvalue weighted by Gasteiger charge is 2.41. The third-order valence-corrected chi connectivity index (χ3v) is 6.06. The minimum absolute atomic E-state index is 0.153. The first-order valence-corrected chi connectivity index (χ1v) is 8.59. The molecule has 1 aliphatic heterocycles. The van der Waals surface area contributed by atoms with Gasteiger partial charge in [0, 0.05) is 31.4 Å². The number of hydrogen-bond acceptors (Lipinski definition) is 3. The van der Waals surface area contributed by atoms with Crippen LogP contribution in [0.25, 0.3) is 0 Å². The van der Waals surface area contributed by atoms with Crippen LogP contribution in [0.5, 0.6) is 0 Å². The van der Waals surface area contributed by atoms with Crippen LogP contribution in [-0.2, 0) is 16.8 Å². The van der Waals surface area contributed by atoms with E-state index in [0.717, 1.165) is 31.2 Å². The van der Waals surface area contributed by atoms with E-state index < -0.39 is 10.2 Å². The number of nitrogens with zero attached hydrogens (tertiary/aromatic N) is 2. The lowest BCUT2D eigenvalue weighted by Gasteiger charge is -2.27. The van der Waals surface area contributed by atoms with Gasteiger partial charge in [-0.1, -0.05) is 18.2 Å². The van der Waals surface area contributed by atoms with Gasteiger partial charge in [-0.15, -0.1) is 0 Å². The Labute approximate surface area is 120 Å². The SMILES string of the molecule is Nc1ccccc1CN(C1CC1)S(=O)(=O)N1CCCC1. The summed E-state index contributed by atoms with van der Waals surface area (Å²) in [5.41, 5.74) is 7.50. The molecule has 1 heterocycles. The maximum atomic E-state index is 12.7.